The van der Waals surface area contributed by atoms with Crippen molar-refractivity contribution in [2.24, 2.45) is 5.92 Å². The number of carbonyl (C=O) groups excluding carboxylic acids is 1. The number of hydrogen-bond donors (Lipinski definition) is 1. The van der Waals surface area contributed by atoms with Gasteiger partial charge < -0.3 is 9.73 Å². The van der Waals surface area contributed by atoms with Crippen LogP contribution in [0.15, 0.2) is 40.8 Å². The standard InChI is InChI=1S/C15H16FNO2/c1-10(2)9-17-15(18)14-8-7-13(19-14)11-5-3-4-6-12(11)16/h3-8,10H,9H2,1-2H3,(H,17,18). The first-order valence-electron chi connectivity index (χ1n) is 6.21. The number of benzene rings is 1. The molecule has 0 unspecified atom stereocenters. The van der Waals surface area contributed by atoms with Crippen LogP contribution in [0.25, 0.3) is 11.3 Å². The Hall–Kier alpha value is -2.10. The summed E-state index contributed by atoms with van der Waals surface area (Å²) >= 11 is 0. The Labute approximate surface area is 111 Å². The minimum absolute atomic E-state index is 0.193. The minimum atomic E-state index is -0.369. The summed E-state index contributed by atoms with van der Waals surface area (Å²) < 4.78 is 19.0. The molecule has 100 valence electrons. The maximum atomic E-state index is 13.6. The van der Waals surface area contributed by atoms with Gasteiger partial charge in [0.15, 0.2) is 5.76 Å². The fraction of sp³-hybridized carbons (Fsp3) is 0.267. The van der Waals surface area contributed by atoms with Gasteiger partial charge in [-0.15, -0.1) is 0 Å². The van der Waals surface area contributed by atoms with E-state index in [0.717, 1.165) is 0 Å². The van der Waals surface area contributed by atoms with Crippen molar-refractivity contribution >= 4 is 5.91 Å². The number of halogens is 1. The van der Waals surface area contributed by atoms with Gasteiger partial charge in [0.1, 0.15) is 11.6 Å². The molecule has 0 atom stereocenters. The van der Waals surface area contributed by atoms with Crippen molar-refractivity contribution in [1.29, 1.82) is 0 Å². The number of furan rings is 1. The zero-order chi connectivity index (χ0) is 13.8. The fourth-order valence-electron chi connectivity index (χ4n) is 1.65. The summed E-state index contributed by atoms with van der Waals surface area (Å²) in [6.45, 7) is 4.59. The van der Waals surface area contributed by atoms with Crippen LogP contribution in [0.5, 0.6) is 0 Å². The molecular weight excluding hydrogens is 245 g/mol. The second-order valence-corrected chi connectivity index (χ2v) is 4.75. The molecule has 0 radical (unpaired) electrons. The predicted octanol–water partition coefficient (Wildman–Crippen LogP) is 3.47. The molecule has 1 N–H and O–H groups in total. The Morgan fingerprint density at radius 3 is 2.68 bits per heavy atom. The third-order valence-electron chi connectivity index (χ3n) is 2.64. The van der Waals surface area contributed by atoms with Crippen LogP contribution >= 0.6 is 0 Å². The van der Waals surface area contributed by atoms with Gasteiger partial charge in [-0.1, -0.05) is 26.0 Å². The molecule has 4 heteroatoms. The maximum absolute atomic E-state index is 13.6. The van der Waals surface area contributed by atoms with Crippen molar-refractivity contribution in [2.75, 3.05) is 6.54 Å². The average Bonchev–Trinajstić information content (AvgIpc) is 2.86. The number of amides is 1. The summed E-state index contributed by atoms with van der Waals surface area (Å²) in [5, 5.41) is 2.75. The molecule has 0 fully saturated rings. The first-order valence-corrected chi connectivity index (χ1v) is 6.21. The summed E-state index contributed by atoms with van der Waals surface area (Å²) in [6, 6.07) is 9.46. The zero-order valence-electron chi connectivity index (χ0n) is 10.9. The SMILES string of the molecule is CC(C)CNC(=O)c1ccc(-c2ccccc2F)o1. The molecule has 19 heavy (non-hydrogen) atoms. The van der Waals surface area contributed by atoms with E-state index < -0.39 is 0 Å². The second-order valence-electron chi connectivity index (χ2n) is 4.75. The lowest BCUT2D eigenvalue weighted by atomic mass is 10.1. The minimum Gasteiger partial charge on any atom is -0.451 e. The van der Waals surface area contributed by atoms with Gasteiger partial charge in [-0.2, -0.15) is 0 Å². The quantitative estimate of drug-likeness (QED) is 0.915. The lowest BCUT2D eigenvalue weighted by Crippen LogP contribution is -2.26. The third kappa shape index (κ3) is 3.22. The van der Waals surface area contributed by atoms with Gasteiger partial charge in [-0.25, -0.2) is 4.39 Å². The highest BCUT2D eigenvalue weighted by atomic mass is 19.1. The molecule has 2 aromatic rings. The van der Waals surface area contributed by atoms with E-state index in [4.69, 9.17) is 4.42 Å². The molecule has 0 spiro atoms. The average molecular weight is 261 g/mol. The summed E-state index contributed by atoms with van der Waals surface area (Å²) in [7, 11) is 0. The van der Waals surface area contributed by atoms with Crippen LogP contribution in [0.3, 0.4) is 0 Å². The van der Waals surface area contributed by atoms with E-state index in [1.165, 1.54) is 6.07 Å². The molecule has 0 aliphatic rings. The number of rotatable bonds is 4. The molecule has 0 aliphatic heterocycles. The van der Waals surface area contributed by atoms with Gasteiger partial charge >= 0.3 is 0 Å². The molecule has 1 aromatic heterocycles. The predicted molar refractivity (Wildman–Crippen MR) is 71.3 cm³/mol. The highest BCUT2D eigenvalue weighted by Gasteiger charge is 2.14. The van der Waals surface area contributed by atoms with E-state index in [1.54, 1.807) is 30.3 Å². The van der Waals surface area contributed by atoms with Crippen LogP contribution in [0.2, 0.25) is 0 Å². The van der Waals surface area contributed by atoms with Crippen molar-refractivity contribution in [3.05, 3.63) is 48.0 Å². The zero-order valence-corrected chi connectivity index (χ0v) is 10.9. The van der Waals surface area contributed by atoms with Gasteiger partial charge in [0.05, 0.1) is 5.56 Å². The van der Waals surface area contributed by atoms with Crippen LogP contribution in [0.1, 0.15) is 24.4 Å². The Balaban J connectivity index is 2.15. The van der Waals surface area contributed by atoms with Crippen molar-refractivity contribution in [2.45, 2.75) is 13.8 Å². The number of hydrogen-bond acceptors (Lipinski definition) is 2. The summed E-state index contributed by atoms with van der Waals surface area (Å²) in [4.78, 5) is 11.8. The lowest BCUT2D eigenvalue weighted by molar-refractivity contribution is 0.0922. The molecular formula is C15H16FNO2. The van der Waals surface area contributed by atoms with Crippen LogP contribution in [0.4, 0.5) is 4.39 Å². The van der Waals surface area contributed by atoms with E-state index in [2.05, 4.69) is 5.32 Å². The normalized spacial score (nSPS) is 10.7. The molecule has 0 aliphatic carbocycles. The molecule has 0 bridgehead atoms. The van der Waals surface area contributed by atoms with Crippen molar-refractivity contribution in [3.63, 3.8) is 0 Å². The Kier molecular flexibility index (Phi) is 4.00. The van der Waals surface area contributed by atoms with Crippen LogP contribution in [-0.2, 0) is 0 Å². The highest BCUT2D eigenvalue weighted by molar-refractivity contribution is 5.92. The molecule has 2 rings (SSSR count). The smallest absolute Gasteiger partial charge is 0.287 e. The third-order valence-corrected chi connectivity index (χ3v) is 2.64. The van der Waals surface area contributed by atoms with Crippen molar-refractivity contribution < 1.29 is 13.6 Å². The second kappa shape index (κ2) is 5.69. The first-order chi connectivity index (χ1) is 9.08. The van der Waals surface area contributed by atoms with Crippen molar-refractivity contribution in [1.82, 2.24) is 5.32 Å². The monoisotopic (exact) mass is 261 g/mol. The topological polar surface area (TPSA) is 42.2 Å². The van der Waals surface area contributed by atoms with E-state index in [1.807, 2.05) is 13.8 Å². The van der Waals surface area contributed by atoms with E-state index >= 15 is 0 Å². The maximum Gasteiger partial charge on any atom is 0.287 e. The summed E-state index contributed by atoms with van der Waals surface area (Å²) in [5.41, 5.74) is 0.352. The van der Waals surface area contributed by atoms with Crippen LogP contribution in [0, 0.1) is 11.7 Å². The first kappa shape index (κ1) is 13.3. The van der Waals surface area contributed by atoms with Crippen LogP contribution in [-0.4, -0.2) is 12.5 Å². The van der Waals surface area contributed by atoms with E-state index in [9.17, 15) is 9.18 Å². The van der Waals surface area contributed by atoms with Gasteiger partial charge in [0.2, 0.25) is 0 Å². The molecule has 1 amide bonds. The number of carbonyl (C=O) groups is 1. The Bertz CT molecular complexity index is 575. The molecule has 1 heterocycles. The van der Waals surface area contributed by atoms with Gasteiger partial charge in [-0.05, 0) is 30.2 Å². The molecule has 1 aromatic carbocycles. The summed E-state index contributed by atoms with van der Waals surface area (Å²) in [6.07, 6.45) is 0. The summed E-state index contributed by atoms with van der Waals surface area (Å²) in [5.74, 6) is 0.263. The lowest BCUT2D eigenvalue weighted by Gasteiger charge is -2.05. The van der Waals surface area contributed by atoms with Gasteiger partial charge in [-0.3, -0.25) is 4.79 Å². The van der Waals surface area contributed by atoms with Crippen LogP contribution < -0.4 is 5.32 Å². The number of nitrogens with one attached hydrogen (secondary N) is 1. The molecule has 0 saturated heterocycles. The van der Waals surface area contributed by atoms with Crippen molar-refractivity contribution in [3.8, 4) is 11.3 Å². The molecule has 3 nitrogen and oxygen atoms in total. The molecule has 0 saturated carbocycles. The fourth-order valence-corrected chi connectivity index (χ4v) is 1.65. The Morgan fingerprint density at radius 2 is 2.00 bits per heavy atom. The van der Waals surface area contributed by atoms with E-state index in [-0.39, 0.29) is 17.5 Å². The highest BCUT2D eigenvalue weighted by Crippen LogP contribution is 2.24. The van der Waals surface area contributed by atoms with Gasteiger partial charge in [0.25, 0.3) is 5.91 Å². The van der Waals surface area contributed by atoms with E-state index in [0.29, 0.717) is 23.8 Å². The van der Waals surface area contributed by atoms with Gasteiger partial charge in [0, 0.05) is 6.54 Å². The largest absolute Gasteiger partial charge is 0.451 e. The Morgan fingerprint density at radius 1 is 1.26 bits per heavy atom.